The van der Waals surface area contributed by atoms with E-state index in [0.29, 0.717) is 22.9 Å². The maximum Gasteiger partial charge on any atom is 0.234 e. The van der Waals surface area contributed by atoms with Gasteiger partial charge in [0, 0.05) is 42.0 Å². The Balaban J connectivity index is 1.62. The molecule has 0 aliphatic carbocycles. The first-order valence-electron chi connectivity index (χ1n) is 10.1. The van der Waals surface area contributed by atoms with Crippen LogP contribution in [0.25, 0.3) is 11.3 Å². The first-order chi connectivity index (χ1) is 14.9. The van der Waals surface area contributed by atoms with Gasteiger partial charge in [0.15, 0.2) is 0 Å². The summed E-state index contributed by atoms with van der Waals surface area (Å²) in [4.78, 5) is 19.6. The van der Waals surface area contributed by atoms with Gasteiger partial charge in [0.2, 0.25) is 5.91 Å². The van der Waals surface area contributed by atoms with Gasteiger partial charge in [-0.2, -0.15) is 5.26 Å². The number of carbonyl (C=O) groups is 1. The number of furan rings is 1. The number of benzene rings is 1. The number of thioether (sulfide) groups is 1. The van der Waals surface area contributed by atoms with E-state index in [0.717, 1.165) is 46.6 Å². The second-order valence-electron chi connectivity index (χ2n) is 7.88. The predicted octanol–water partition coefficient (Wildman–Crippen LogP) is 4.55. The highest BCUT2D eigenvalue weighted by Gasteiger charge is 2.26. The molecule has 158 valence electrons. The quantitative estimate of drug-likeness (QED) is 0.596. The molecule has 0 fully saturated rings. The van der Waals surface area contributed by atoms with E-state index >= 15 is 0 Å². The Labute approximate surface area is 186 Å². The van der Waals surface area contributed by atoms with E-state index in [-0.39, 0.29) is 11.7 Å². The third kappa shape index (κ3) is 4.66. The number of aromatic nitrogens is 1. The fraction of sp³-hybridized carbons (Fsp3) is 0.292. The van der Waals surface area contributed by atoms with Gasteiger partial charge in [-0.05, 0) is 56.3 Å². The number of nitrogens with one attached hydrogen (secondary N) is 1. The molecule has 0 unspecified atom stereocenters. The minimum Gasteiger partial charge on any atom is -0.464 e. The van der Waals surface area contributed by atoms with Crippen molar-refractivity contribution in [2.75, 3.05) is 24.7 Å². The molecule has 0 saturated heterocycles. The van der Waals surface area contributed by atoms with Crippen molar-refractivity contribution in [3.63, 3.8) is 0 Å². The third-order valence-electron chi connectivity index (χ3n) is 5.23. The van der Waals surface area contributed by atoms with Crippen LogP contribution in [0.2, 0.25) is 0 Å². The number of carbonyl (C=O) groups excluding carboxylic acids is 1. The van der Waals surface area contributed by atoms with Gasteiger partial charge in [0.05, 0.1) is 17.6 Å². The lowest BCUT2D eigenvalue weighted by atomic mass is 9.95. The van der Waals surface area contributed by atoms with Gasteiger partial charge in [-0.3, -0.25) is 4.79 Å². The first-order valence-corrected chi connectivity index (χ1v) is 11.1. The topological polar surface area (TPSA) is 82.2 Å². The van der Waals surface area contributed by atoms with Gasteiger partial charge in [0.1, 0.15) is 16.9 Å². The smallest absolute Gasteiger partial charge is 0.234 e. The number of nitrogens with zero attached hydrogens (tertiary/aromatic N) is 3. The third-order valence-corrected chi connectivity index (χ3v) is 6.21. The van der Waals surface area contributed by atoms with E-state index in [2.05, 4.69) is 29.4 Å². The molecule has 0 spiro atoms. The lowest BCUT2D eigenvalue weighted by Gasteiger charge is -2.27. The average Bonchev–Trinajstić information content (AvgIpc) is 3.24. The molecule has 7 heteroatoms. The normalized spacial score (nSPS) is 13.5. The summed E-state index contributed by atoms with van der Waals surface area (Å²) in [5.74, 6) is 0.704. The summed E-state index contributed by atoms with van der Waals surface area (Å²) in [6.45, 7) is 5.62. The number of fused-ring (bicyclic) bond motifs is 1. The Hall–Kier alpha value is -3.08. The lowest BCUT2D eigenvalue weighted by molar-refractivity contribution is -0.113. The van der Waals surface area contributed by atoms with Crippen molar-refractivity contribution in [1.29, 1.82) is 5.26 Å². The monoisotopic (exact) mass is 432 g/mol. The van der Waals surface area contributed by atoms with Crippen molar-refractivity contribution in [2.45, 2.75) is 31.8 Å². The van der Waals surface area contributed by atoms with Crippen molar-refractivity contribution in [3.8, 4) is 17.4 Å². The number of hydrogen-bond acceptors (Lipinski definition) is 6. The van der Waals surface area contributed by atoms with Crippen molar-refractivity contribution in [1.82, 2.24) is 9.88 Å². The van der Waals surface area contributed by atoms with E-state index in [4.69, 9.17) is 9.40 Å². The Morgan fingerprint density at radius 2 is 2.10 bits per heavy atom. The van der Waals surface area contributed by atoms with Crippen LogP contribution in [0.15, 0.2) is 46.0 Å². The SMILES string of the molecule is Cc1cc(C)cc(NC(=O)CSc2nc3c(c(-c4ccco4)c2C#N)CN(C)CC3)c1. The number of likely N-dealkylation sites (N-methyl/N-ethyl adjacent to an activating group) is 1. The minimum atomic E-state index is -0.127. The highest BCUT2D eigenvalue weighted by Crippen LogP contribution is 2.37. The van der Waals surface area contributed by atoms with Gasteiger partial charge >= 0.3 is 0 Å². The van der Waals surface area contributed by atoms with E-state index in [1.807, 2.05) is 38.1 Å². The van der Waals surface area contributed by atoms with E-state index in [9.17, 15) is 10.1 Å². The van der Waals surface area contributed by atoms with Crippen LogP contribution in [-0.2, 0) is 17.8 Å². The van der Waals surface area contributed by atoms with Crippen molar-refractivity contribution in [2.24, 2.45) is 0 Å². The summed E-state index contributed by atoms with van der Waals surface area (Å²) in [7, 11) is 2.06. The van der Waals surface area contributed by atoms with Crippen LogP contribution in [0.5, 0.6) is 0 Å². The van der Waals surface area contributed by atoms with Crippen LogP contribution in [0.1, 0.15) is 27.9 Å². The van der Waals surface area contributed by atoms with Crippen LogP contribution < -0.4 is 5.32 Å². The summed E-state index contributed by atoms with van der Waals surface area (Å²) >= 11 is 1.29. The molecule has 1 aliphatic rings. The zero-order valence-corrected chi connectivity index (χ0v) is 18.7. The summed E-state index contributed by atoms with van der Waals surface area (Å²) in [5, 5.41) is 13.5. The Morgan fingerprint density at radius 1 is 1.32 bits per heavy atom. The van der Waals surface area contributed by atoms with Gasteiger partial charge < -0.3 is 14.6 Å². The number of aryl methyl sites for hydroxylation is 2. The molecule has 0 saturated carbocycles. The van der Waals surface area contributed by atoms with E-state index < -0.39 is 0 Å². The Kier molecular flexibility index (Phi) is 6.12. The van der Waals surface area contributed by atoms with Gasteiger partial charge in [-0.1, -0.05) is 17.8 Å². The number of anilines is 1. The standard InChI is InChI=1S/C24H24N4O2S/c1-15-9-16(2)11-17(10-15)26-22(29)14-31-24-18(12-25)23(21-5-4-8-30-21)19-13-28(3)7-6-20(19)27-24/h4-5,8-11H,6-7,13-14H2,1-3H3,(H,26,29). The Bertz CT molecular complexity index is 1150. The molecule has 0 radical (unpaired) electrons. The molecule has 3 heterocycles. The Morgan fingerprint density at radius 3 is 2.77 bits per heavy atom. The molecule has 1 N–H and O–H groups in total. The zero-order valence-electron chi connectivity index (χ0n) is 17.9. The highest BCUT2D eigenvalue weighted by molar-refractivity contribution is 8.00. The molecule has 31 heavy (non-hydrogen) atoms. The van der Waals surface area contributed by atoms with Crippen molar-refractivity contribution < 1.29 is 9.21 Å². The number of amides is 1. The van der Waals surface area contributed by atoms with Crippen LogP contribution in [-0.4, -0.2) is 35.1 Å². The molecular weight excluding hydrogens is 408 g/mol. The molecule has 1 amide bonds. The number of nitriles is 1. The summed E-state index contributed by atoms with van der Waals surface area (Å²) in [5.41, 5.74) is 6.24. The minimum absolute atomic E-state index is 0.127. The van der Waals surface area contributed by atoms with Crippen LogP contribution >= 0.6 is 11.8 Å². The first kappa shape index (κ1) is 21.2. The highest BCUT2D eigenvalue weighted by atomic mass is 32.2. The van der Waals surface area contributed by atoms with Gasteiger partial charge in [-0.25, -0.2) is 4.98 Å². The molecule has 2 aromatic heterocycles. The van der Waals surface area contributed by atoms with Gasteiger partial charge in [0.25, 0.3) is 0 Å². The molecule has 6 nitrogen and oxygen atoms in total. The molecule has 3 aromatic rings. The summed E-state index contributed by atoms with van der Waals surface area (Å²) < 4.78 is 5.66. The second-order valence-corrected chi connectivity index (χ2v) is 8.85. The fourth-order valence-corrected chi connectivity index (χ4v) is 4.76. The molecule has 4 rings (SSSR count). The van der Waals surface area contributed by atoms with E-state index in [1.54, 1.807) is 6.26 Å². The van der Waals surface area contributed by atoms with Crippen LogP contribution in [0.3, 0.4) is 0 Å². The van der Waals surface area contributed by atoms with Crippen molar-refractivity contribution >= 4 is 23.4 Å². The summed E-state index contributed by atoms with van der Waals surface area (Å²) in [6, 6.07) is 11.9. The lowest BCUT2D eigenvalue weighted by Crippen LogP contribution is -2.28. The maximum atomic E-state index is 12.6. The molecule has 0 bridgehead atoms. The molecule has 1 aromatic carbocycles. The largest absolute Gasteiger partial charge is 0.464 e. The zero-order chi connectivity index (χ0) is 22.0. The second kappa shape index (κ2) is 8.96. The maximum absolute atomic E-state index is 12.6. The summed E-state index contributed by atoms with van der Waals surface area (Å²) in [6.07, 6.45) is 2.41. The molecule has 0 atom stereocenters. The number of pyridine rings is 1. The van der Waals surface area contributed by atoms with Crippen LogP contribution in [0, 0.1) is 25.2 Å². The van der Waals surface area contributed by atoms with E-state index in [1.165, 1.54) is 11.8 Å². The fourth-order valence-electron chi connectivity index (χ4n) is 3.95. The molecular formula is C24H24N4O2S. The predicted molar refractivity (Wildman–Crippen MR) is 122 cm³/mol. The van der Waals surface area contributed by atoms with Crippen molar-refractivity contribution in [3.05, 3.63) is 64.5 Å². The van der Waals surface area contributed by atoms with Crippen LogP contribution in [0.4, 0.5) is 5.69 Å². The number of rotatable bonds is 5. The number of hydrogen-bond donors (Lipinski definition) is 1. The van der Waals surface area contributed by atoms with Gasteiger partial charge in [-0.15, -0.1) is 0 Å². The molecule has 1 aliphatic heterocycles. The average molecular weight is 433 g/mol.